The largest absolute Gasteiger partial charge is 0.377 e. The summed E-state index contributed by atoms with van der Waals surface area (Å²) >= 11 is 0. The van der Waals surface area contributed by atoms with E-state index >= 15 is 0 Å². The van der Waals surface area contributed by atoms with Gasteiger partial charge in [0.05, 0.1) is 13.2 Å². The third kappa shape index (κ3) is 3.88. The number of ether oxygens (including phenoxy) is 6. The van der Waals surface area contributed by atoms with Gasteiger partial charge in [0.25, 0.3) is 0 Å². The Hall–Kier alpha value is -0.280. The first-order valence-electron chi connectivity index (χ1n) is 9.50. The zero-order chi connectivity index (χ0) is 17.7. The molecule has 4 aliphatic heterocycles. The van der Waals surface area contributed by atoms with Gasteiger partial charge in [-0.25, -0.2) is 0 Å². The lowest BCUT2D eigenvalue weighted by atomic mass is 10.0. The van der Waals surface area contributed by atoms with Gasteiger partial charge in [0.2, 0.25) is 0 Å². The average molecular weight is 357 g/mol. The molecule has 5 atom stereocenters. The monoisotopic (exact) mass is 357 g/mol. The maximum atomic E-state index is 6.11. The van der Waals surface area contributed by atoms with Crippen LogP contribution in [0.4, 0.5) is 0 Å². The van der Waals surface area contributed by atoms with E-state index in [4.69, 9.17) is 28.4 Å². The van der Waals surface area contributed by atoms with Crippen molar-refractivity contribution in [1.82, 2.24) is 4.90 Å². The van der Waals surface area contributed by atoms with Crippen molar-refractivity contribution < 1.29 is 28.4 Å². The summed E-state index contributed by atoms with van der Waals surface area (Å²) in [5.74, 6) is -1.34. The second-order valence-corrected chi connectivity index (χ2v) is 8.33. The fraction of sp³-hybridized carbons (Fsp3) is 1.00. The lowest BCUT2D eigenvalue weighted by molar-refractivity contribution is -0.348. The van der Waals surface area contributed by atoms with Crippen molar-refractivity contribution in [2.75, 3.05) is 32.8 Å². The molecule has 0 bridgehead atoms. The van der Waals surface area contributed by atoms with E-state index in [-0.39, 0.29) is 24.4 Å². The van der Waals surface area contributed by atoms with Gasteiger partial charge in [-0.05, 0) is 53.6 Å². The molecule has 7 nitrogen and oxygen atoms in total. The number of likely N-dealkylation sites (tertiary alicyclic amines) is 1. The molecular formula is C18H31NO6. The predicted octanol–water partition coefficient (Wildman–Crippen LogP) is 1.50. The minimum absolute atomic E-state index is 0.187. The topological polar surface area (TPSA) is 58.6 Å². The smallest absolute Gasteiger partial charge is 0.190 e. The van der Waals surface area contributed by atoms with E-state index in [1.54, 1.807) is 0 Å². The van der Waals surface area contributed by atoms with E-state index < -0.39 is 17.9 Å². The van der Waals surface area contributed by atoms with Crippen LogP contribution in [0.5, 0.6) is 0 Å². The molecule has 4 rings (SSSR count). The van der Waals surface area contributed by atoms with Crippen LogP contribution in [0.2, 0.25) is 0 Å². The van der Waals surface area contributed by atoms with Gasteiger partial charge in [-0.15, -0.1) is 0 Å². The molecule has 0 aliphatic carbocycles. The summed E-state index contributed by atoms with van der Waals surface area (Å²) in [6, 6.07) is 0. The zero-order valence-corrected chi connectivity index (χ0v) is 15.7. The molecule has 0 spiro atoms. The number of hydrogen-bond acceptors (Lipinski definition) is 7. The van der Waals surface area contributed by atoms with Crippen LogP contribution in [0.25, 0.3) is 0 Å². The highest BCUT2D eigenvalue weighted by Crippen LogP contribution is 2.44. The molecule has 4 aliphatic rings. The molecule has 144 valence electrons. The molecule has 0 amide bonds. The highest BCUT2D eigenvalue weighted by Gasteiger charge is 2.61. The fourth-order valence-electron chi connectivity index (χ4n) is 4.25. The van der Waals surface area contributed by atoms with Gasteiger partial charge in [0.15, 0.2) is 17.9 Å². The summed E-state index contributed by atoms with van der Waals surface area (Å²) in [5.41, 5.74) is 0. The van der Waals surface area contributed by atoms with E-state index in [9.17, 15) is 0 Å². The van der Waals surface area contributed by atoms with Crippen LogP contribution < -0.4 is 0 Å². The van der Waals surface area contributed by atoms with Gasteiger partial charge in [-0.1, -0.05) is 0 Å². The molecule has 0 radical (unpaired) electrons. The first-order valence-corrected chi connectivity index (χ1v) is 9.50. The molecule has 4 saturated heterocycles. The van der Waals surface area contributed by atoms with Crippen molar-refractivity contribution in [2.24, 2.45) is 0 Å². The van der Waals surface area contributed by atoms with Crippen LogP contribution in [-0.2, 0) is 28.4 Å². The molecule has 0 aromatic heterocycles. The maximum absolute atomic E-state index is 6.11. The molecular weight excluding hydrogens is 326 g/mol. The van der Waals surface area contributed by atoms with Gasteiger partial charge >= 0.3 is 0 Å². The van der Waals surface area contributed by atoms with Gasteiger partial charge in [-0.2, -0.15) is 0 Å². The molecule has 0 aromatic carbocycles. The highest BCUT2D eigenvalue weighted by atomic mass is 16.9. The number of fused-ring (bicyclic) bond motifs is 3. The molecule has 0 N–H and O–H groups in total. The quantitative estimate of drug-likeness (QED) is 0.691. The minimum atomic E-state index is -0.696. The normalized spacial score (nSPS) is 42.5. The van der Waals surface area contributed by atoms with Crippen molar-refractivity contribution in [3.63, 3.8) is 0 Å². The molecule has 7 heteroatoms. The Kier molecular flexibility index (Phi) is 4.86. The van der Waals surface area contributed by atoms with Gasteiger partial charge in [-0.3, -0.25) is 0 Å². The first kappa shape index (κ1) is 18.1. The molecule has 4 heterocycles. The Morgan fingerprint density at radius 1 is 0.880 bits per heavy atom. The van der Waals surface area contributed by atoms with Gasteiger partial charge < -0.3 is 33.3 Å². The van der Waals surface area contributed by atoms with Crippen LogP contribution in [-0.4, -0.2) is 80.0 Å². The van der Waals surface area contributed by atoms with Crippen LogP contribution in [0.15, 0.2) is 0 Å². The lowest BCUT2D eigenvalue weighted by Gasteiger charge is -2.43. The van der Waals surface area contributed by atoms with Crippen LogP contribution in [0, 0.1) is 0 Å². The van der Waals surface area contributed by atoms with E-state index in [1.807, 2.05) is 27.7 Å². The van der Waals surface area contributed by atoms with Crippen LogP contribution in [0.3, 0.4) is 0 Å². The number of nitrogens with zero attached hydrogens (tertiary/aromatic N) is 1. The second-order valence-electron chi connectivity index (χ2n) is 8.33. The summed E-state index contributed by atoms with van der Waals surface area (Å²) in [4.78, 5) is 2.44. The summed E-state index contributed by atoms with van der Waals surface area (Å²) < 4.78 is 36.0. The van der Waals surface area contributed by atoms with Crippen molar-refractivity contribution in [1.29, 1.82) is 0 Å². The number of rotatable bonds is 5. The highest BCUT2D eigenvalue weighted by molar-refractivity contribution is 5.00. The average Bonchev–Trinajstić information content (AvgIpc) is 3.18. The third-order valence-electron chi connectivity index (χ3n) is 5.28. The molecule has 0 saturated carbocycles. The van der Waals surface area contributed by atoms with Crippen molar-refractivity contribution in [2.45, 2.75) is 82.8 Å². The fourth-order valence-corrected chi connectivity index (χ4v) is 4.25. The SMILES string of the molecule is CC1(C)O[C@H]2O[C@H]3[C@H](OC(C)(C)O[C@H]3COCCN3CCCC3)[C@H]2O1. The summed E-state index contributed by atoms with van der Waals surface area (Å²) in [6.45, 7) is 12.2. The van der Waals surface area contributed by atoms with Crippen molar-refractivity contribution >= 4 is 0 Å². The Morgan fingerprint density at radius 2 is 1.56 bits per heavy atom. The van der Waals surface area contributed by atoms with Crippen molar-refractivity contribution in [3.05, 3.63) is 0 Å². The Morgan fingerprint density at radius 3 is 2.32 bits per heavy atom. The third-order valence-corrected chi connectivity index (χ3v) is 5.28. The second kappa shape index (κ2) is 6.71. The zero-order valence-electron chi connectivity index (χ0n) is 15.7. The Bertz CT molecular complexity index is 478. The van der Waals surface area contributed by atoms with Gasteiger partial charge in [0.1, 0.15) is 24.4 Å². The summed E-state index contributed by atoms with van der Waals surface area (Å²) in [7, 11) is 0. The van der Waals surface area contributed by atoms with Crippen molar-refractivity contribution in [3.8, 4) is 0 Å². The van der Waals surface area contributed by atoms with Crippen LogP contribution >= 0.6 is 0 Å². The molecule has 25 heavy (non-hydrogen) atoms. The van der Waals surface area contributed by atoms with Crippen LogP contribution in [0.1, 0.15) is 40.5 Å². The lowest BCUT2D eigenvalue weighted by Crippen LogP contribution is -2.57. The van der Waals surface area contributed by atoms with Gasteiger partial charge in [0, 0.05) is 6.54 Å². The standard InChI is InChI=1S/C18H31NO6/c1-17(2)22-12(11-20-10-9-19-7-5-6-8-19)13-14(23-17)15-16(21-13)25-18(3,4)24-15/h12-16H,5-11H2,1-4H3/t12-,13+,14-,15+,16+/m0/s1. The Labute approximate surface area is 149 Å². The molecule has 0 unspecified atom stereocenters. The van der Waals surface area contributed by atoms with E-state index in [0.717, 1.165) is 6.54 Å². The van der Waals surface area contributed by atoms with E-state index in [0.29, 0.717) is 13.2 Å². The van der Waals surface area contributed by atoms with E-state index in [2.05, 4.69) is 4.90 Å². The summed E-state index contributed by atoms with van der Waals surface area (Å²) in [6.07, 6.45) is 1.34. The van der Waals surface area contributed by atoms with E-state index in [1.165, 1.54) is 25.9 Å². The molecule has 4 fully saturated rings. The maximum Gasteiger partial charge on any atom is 0.190 e. The number of hydrogen-bond donors (Lipinski definition) is 0. The predicted molar refractivity (Wildman–Crippen MR) is 89.0 cm³/mol. The Balaban J connectivity index is 1.34. The summed E-state index contributed by atoms with van der Waals surface area (Å²) in [5, 5.41) is 0. The minimum Gasteiger partial charge on any atom is -0.377 e. The first-order chi connectivity index (χ1) is 11.8. The molecule has 0 aromatic rings.